The lowest BCUT2D eigenvalue weighted by Crippen LogP contribution is -1.47. The van der Waals surface area contributed by atoms with Crippen molar-refractivity contribution < 1.29 is 0 Å². The molecule has 0 saturated heterocycles. The van der Waals surface area contributed by atoms with Gasteiger partial charge in [0.2, 0.25) is 0 Å². The number of aliphatic imine (C=N–C) groups is 1. The molecule has 0 unspecified atom stereocenters. The summed E-state index contributed by atoms with van der Waals surface area (Å²) in [6, 6.07) is 0. The van der Waals surface area contributed by atoms with Crippen molar-refractivity contribution in [2.24, 2.45) is 4.99 Å². The first-order valence-electron chi connectivity index (χ1n) is 1.81. The first-order chi connectivity index (χ1) is 3.41. The summed E-state index contributed by atoms with van der Waals surface area (Å²) in [5.41, 5.74) is 1.19. The maximum Gasteiger partial charge on any atom is 0.0926 e. The molecule has 2 heteroatoms. The predicted molar refractivity (Wildman–Crippen MR) is 33.7 cm³/mol. The van der Waals surface area contributed by atoms with Crippen molar-refractivity contribution in [3.8, 4) is 0 Å². The first-order valence-corrected chi connectivity index (χ1v) is 2.25. The molecule has 0 saturated carbocycles. The summed E-state index contributed by atoms with van der Waals surface area (Å²) in [5.74, 6) is 0. The second-order valence-corrected chi connectivity index (χ2v) is 1.02. The molecule has 0 aliphatic heterocycles. The molecule has 0 radical (unpaired) electrons. The number of halogens is 1. The van der Waals surface area contributed by atoms with Gasteiger partial charge >= 0.3 is 0 Å². The van der Waals surface area contributed by atoms with Gasteiger partial charge < -0.3 is 0 Å². The van der Waals surface area contributed by atoms with Crippen molar-refractivity contribution in [3.63, 3.8) is 0 Å². The molecule has 0 amide bonds. The Kier molecular flexibility index (Phi) is 5.00. The van der Waals surface area contributed by atoms with Gasteiger partial charge in [-0.25, -0.2) is 0 Å². The van der Waals surface area contributed by atoms with E-state index >= 15 is 0 Å². The van der Waals surface area contributed by atoms with E-state index in [1.807, 2.05) is 0 Å². The van der Waals surface area contributed by atoms with Gasteiger partial charge in [0.1, 0.15) is 0 Å². The highest BCUT2D eigenvalue weighted by molar-refractivity contribution is 6.56. The summed E-state index contributed by atoms with van der Waals surface area (Å²) >= 11 is 5.06. The Hall–Kier alpha value is -0.560. The van der Waals surface area contributed by atoms with Crippen molar-refractivity contribution in [3.05, 3.63) is 24.9 Å². The lowest BCUT2D eigenvalue weighted by molar-refractivity contribution is 1.61. The van der Waals surface area contributed by atoms with Gasteiger partial charge in [-0.3, -0.25) is 4.99 Å². The van der Waals surface area contributed by atoms with Gasteiger partial charge in [-0.1, -0.05) is 24.3 Å². The average Bonchev–Trinajstić information content (AvgIpc) is 1.69. The molecule has 0 rings (SSSR count). The van der Waals surface area contributed by atoms with E-state index in [9.17, 15) is 0 Å². The highest BCUT2D eigenvalue weighted by atomic mass is 35.5. The van der Waals surface area contributed by atoms with E-state index in [1.54, 1.807) is 18.4 Å². The predicted octanol–water partition coefficient (Wildman–Crippen LogP) is 1.95. The average molecular weight is 116 g/mol. The molecule has 38 valence electrons. The maximum absolute atomic E-state index is 5.06. The van der Waals surface area contributed by atoms with Gasteiger partial charge in [0.25, 0.3) is 0 Å². The van der Waals surface area contributed by atoms with Crippen LogP contribution < -0.4 is 0 Å². The van der Waals surface area contributed by atoms with E-state index < -0.39 is 0 Å². The van der Waals surface area contributed by atoms with Crippen LogP contribution in [0, 0.1) is 0 Å². The van der Waals surface area contributed by atoms with Crippen LogP contribution >= 0.6 is 11.6 Å². The Labute approximate surface area is 48.0 Å². The normalized spacial score (nSPS) is 11.0. The molecule has 0 heterocycles. The fourth-order valence-electron chi connectivity index (χ4n) is 0.143. The minimum Gasteiger partial charge on any atom is -0.253 e. The molecule has 0 atom stereocenters. The Morgan fingerprint density at radius 1 is 1.57 bits per heavy atom. The molecule has 7 heavy (non-hydrogen) atoms. The summed E-state index contributed by atoms with van der Waals surface area (Å²) in [5, 5.41) is 0. The van der Waals surface area contributed by atoms with Crippen molar-refractivity contribution in [2.45, 2.75) is 0 Å². The van der Waals surface area contributed by atoms with Gasteiger partial charge in [0.15, 0.2) is 0 Å². The number of hydrogen-bond acceptors (Lipinski definition) is 1. The highest BCUT2D eigenvalue weighted by Crippen LogP contribution is 1.73. The molecule has 0 aromatic carbocycles. The topological polar surface area (TPSA) is 12.4 Å². The van der Waals surface area contributed by atoms with Crippen molar-refractivity contribution in [1.82, 2.24) is 0 Å². The molecule has 0 aromatic rings. The summed E-state index contributed by atoms with van der Waals surface area (Å²) in [6.45, 7) is 3.43. The highest BCUT2D eigenvalue weighted by Gasteiger charge is 1.53. The van der Waals surface area contributed by atoms with Crippen LogP contribution in [0.3, 0.4) is 0 Å². The fourth-order valence-corrected chi connectivity index (χ4v) is 0.208. The largest absolute Gasteiger partial charge is 0.253 e. The lowest BCUT2D eigenvalue weighted by atomic mass is 10.6. The standard InChI is InChI=1S/C5H6ClN/c1-2-3-4-7-5-6/h2-5H,1H2/b4-3-,7-5?. The van der Waals surface area contributed by atoms with Crippen molar-refractivity contribution >= 4 is 17.3 Å². The van der Waals surface area contributed by atoms with Crippen LogP contribution in [0.15, 0.2) is 29.9 Å². The SMILES string of the molecule is C=C/C=C\N=CCl. The van der Waals surface area contributed by atoms with Crippen LogP contribution in [-0.4, -0.2) is 5.67 Å². The molecule has 0 fully saturated rings. The molecule has 0 spiro atoms. The Morgan fingerprint density at radius 2 is 2.29 bits per heavy atom. The second kappa shape index (κ2) is 5.44. The third-order valence-corrected chi connectivity index (χ3v) is 0.477. The number of rotatable bonds is 2. The van der Waals surface area contributed by atoms with E-state index in [2.05, 4.69) is 11.6 Å². The van der Waals surface area contributed by atoms with Crippen LogP contribution in [0.1, 0.15) is 0 Å². The van der Waals surface area contributed by atoms with Crippen LogP contribution in [0.5, 0.6) is 0 Å². The zero-order chi connectivity index (χ0) is 5.54. The molecule has 0 aliphatic carbocycles. The van der Waals surface area contributed by atoms with E-state index in [0.29, 0.717) is 0 Å². The molecule has 0 bridgehead atoms. The third-order valence-electron chi connectivity index (χ3n) is 0.365. The smallest absolute Gasteiger partial charge is 0.0926 e. The zero-order valence-electron chi connectivity index (χ0n) is 3.84. The van der Waals surface area contributed by atoms with Crippen LogP contribution in [0.4, 0.5) is 0 Å². The molecule has 0 aliphatic rings. The number of hydrogen-bond donors (Lipinski definition) is 0. The Balaban J connectivity index is 3.27. The first kappa shape index (κ1) is 6.44. The van der Waals surface area contributed by atoms with Gasteiger partial charge in [-0.15, -0.1) is 0 Å². The lowest BCUT2D eigenvalue weighted by Gasteiger charge is -1.65. The Bertz CT molecular complexity index is 94.3. The Morgan fingerprint density at radius 3 is 2.71 bits per heavy atom. The van der Waals surface area contributed by atoms with E-state index in [0.717, 1.165) is 0 Å². The fraction of sp³-hybridized carbons (Fsp3) is 0. The summed E-state index contributed by atoms with van der Waals surface area (Å²) in [4.78, 5) is 3.55. The van der Waals surface area contributed by atoms with Gasteiger partial charge in [-0.2, -0.15) is 0 Å². The maximum atomic E-state index is 5.06. The molecular weight excluding hydrogens is 110 g/mol. The number of allylic oxidation sites excluding steroid dienone is 2. The van der Waals surface area contributed by atoms with Crippen molar-refractivity contribution in [1.29, 1.82) is 0 Å². The minimum absolute atomic E-state index is 1.19. The van der Waals surface area contributed by atoms with Gasteiger partial charge in [0.05, 0.1) is 5.67 Å². The molecule has 1 nitrogen and oxygen atoms in total. The minimum atomic E-state index is 1.19. The van der Waals surface area contributed by atoms with Crippen LogP contribution in [0.25, 0.3) is 0 Å². The van der Waals surface area contributed by atoms with Crippen LogP contribution in [0.2, 0.25) is 0 Å². The quantitative estimate of drug-likeness (QED) is 0.385. The monoisotopic (exact) mass is 115 g/mol. The molecular formula is C5H6ClN. The van der Waals surface area contributed by atoms with E-state index in [-0.39, 0.29) is 0 Å². The summed E-state index contributed by atoms with van der Waals surface area (Å²) in [6.07, 6.45) is 4.88. The van der Waals surface area contributed by atoms with E-state index in [1.165, 1.54) is 5.67 Å². The zero-order valence-corrected chi connectivity index (χ0v) is 4.60. The third kappa shape index (κ3) is 5.44. The van der Waals surface area contributed by atoms with Gasteiger partial charge in [0, 0.05) is 6.20 Å². The number of nitrogens with zero attached hydrogens (tertiary/aromatic N) is 1. The molecule has 0 aromatic heterocycles. The second-order valence-electron chi connectivity index (χ2n) is 0.824. The molecule has 0 N–H and O–H groups in total. The summed E-state index contributed by atoms with van der Waals surface area (Å²) in [7, 11) is 0. The van der Waals surface area contributed by atoms with E-state index in [4.69, 9.17) is 11.6 Å². The van der Waals surface area contributed by atoms with Crippen molar-refractivity contribution in [2.75, 3.05) is 0 Å². The van der Waals surface area contributed by atoms with Crippen LogP contribution in [-0.2, 0) is 0 Å². The summed E-state index contributed by atoms with van der Waals surface area (Å²) < 4.78 is 0. The van der Waals surface area contributed by atoms with Gasteiger partial charge in [-0.05, 0) is 6.08 Å².